The number of fused-ring (bicyclic) bond motifs is 1. The fraction of sp³-hybridized carbons (Fsp3) is 0.286. The van der Waals surface area contributed by atoms with Crippen LogP contribution in [0.2, 0.25) is 0 Å². The molecule has 0 atom stereocenters. The van der Waals surface area contributed by atoms with Crippen LogP contribution >= 0.6 is 0 Å². The maximum absolute atomic E-state index is 13.7. The van der Waals surface area contributed by atoms with E-state index in [1.807, 2.05) is 27.8 Å². The number of nitrogens with one attached hydrogen (secondary N) is 1. The van der Waals surface area contributed by atoms with Gasteiger partial charge in [0.2, 0.25) is 5.91 Å². The number of hydrogen-bond donors (Lipinski definition) is 1. The predicted octanol–water partition coefficient (Wildman–Crippen LogP) is 2.60. The van der Waals surface area contributed by atoms with Gasteiger partial charge in [0, 0.05) is 36.9 Å². The number of benzene rings is 1. The highest BCUT2D eigenvalue weighted by molar-refractivity contribution is 5.94. The summed E-state index contributed by atoms with van der Waals surface area (Å²) in [4.78, 5) is 30.8. The largest absolute Gasteiger partial charge is 0.349 e. The van der Waals surface area contributed by atoms with Gasteiger partial charge in [-0.25, -0.2) is 4.39 Å². The normalized spacial score (nSPS) is 15.0. The van der Waals surface area contributed by atoms with Crippen LogP contribution in [-0.4, -0.2) is 45.4 Å². The summed E-state index contributed by atoms with van der Waals surface area (Å²) < 4.78 is 15.6. The fourth-order valence-corrected chi connectivity index (χ4v) is 3.59. The summed E-state index contributed by atoms with van der Waals surface area (Å²) in [6.07, 6.45) is 6.69. The molecule has 7 heteroatoms. The van der Waals surface area contributed by atoms with Crippen LogP contribution in [0.4, 0.5) is 4.39 Å². The SMILES string of the molecule is O=C(NC1CCN(C(=O)Cn2ccc3ccncc32)CC1)c1ccccc1F. The molecule has 0 spiro atoms. The van der Waals surface area contributed by atoms with Crippen molar-refractivity contribution in [1.29, 1.82) is 0 Å². The highest BCUT2D eigenvalue weighted by atomic mass is 19.1. The van der Waals surface area contributed by atoms with Crippen molar-refractivity contribution in [2.45, 2.75) is 25.4 Å². The minimum Gasteiger partial charge on any atom is -0.349 e. The number of amides is 2. The molecule has 0 radical (unpaired) electrons. The quantitative estimate of drug-likeness (QED) is 0.757. The Morgan fingerprint density at radius 2 is 1.93 bits per heavy atom. The van der Waals surface area contributed by atoms with E-state index < -0.39 is 11.7 Å². The zero-order valence-corrected chi connectivity index (χ0v) is 15.3. The minimum absolute atomic E-state index is 0.0419. The summed E-state index contributed by atoms with van der Waals surface area (Å²) in [5.74, 6) is -0.893. The molecule has 0 aliphatic carbocycles. The Balaban J connectivity index is 1.32. The van der Waals surface area contributed by atoms with Crippen LogP contribution in [0.25, 0.3) is 10.9 Å². The van der Waals surface area contributed by atoms with Gasteiger partial charge in [0.05, 0.1) is 17.3 Å². The first-order valence-corrected chi connectivity index (χ1v) is 9.34. The van der Waals surface area contributed by atoms with Crippen LogP contribution in [0.3, 0.4) is 0 Å². The number of carbonyl (C=O) groups excluding carboxylic acids is 2. The molecule has 3 aromatic rings. The van der Waals surface area contributed by atoms with E-state index in [1.54, 1.807) is 24.5 Å². The van der Waals surface area contributed by atoms with E-state index in [2.05, 4.69) is 10.3 Å². The lowest BCUT2D eigenvalue weighted by molar-refractivity contribution is -0.132. The first-order chi connectivity index (χ1) is 13.6. The van der Waals surface area contributed by atoms with Crippen molar-refractivity contribution < 1.29 is 14.0 Å². The third-order valence-corrected chi connectivity index (χ3v) is 5.18. The molecule has 1 aliphatic rings. The smallest absolute Gasteiger partial charge is 0.254 e. The third-order valence-electron chi connectivity index (χ3n) is 5.18. The lowest BCUT2D eigenvalue weighted by Crippen LogP contribution is -2.47. The van der Waals surface area contributed by atoms with E-state index in [1.165, 1.54) is 12.1 Å². The number of pyridine rings is 1. The van der Waals surface area contributed by atoms with Crippen LogP contribution in [0.1, 0.15) is 23.2 Å². The van der Waals surface area contributed by atoms with Gasteiger partial charge >= 0.3 is 0 Å². The average molecular weight is 380 g/mol. The fourth-order valence-electron chi connectivity index (χ4n) is 3.59. The maximum atomic E-state index is 13.7. The highest BCUT2D eigenvalue weighted by Crippen LogP contribution is 2.16. The second kappa shape index (κ2) is 7.80. The lowest BCUT2D eigenvalue weighted by Gasteiger charge is -2.32. The molecule has 2 aromatic heterocycles. The molecule has 144 valence electrons. The van der Waals surface area contributed by atoms with E-state index in [9.17, 15) is 14.0 Å². The Kier molecular flexibility index (Phi) is 5.06. The molecule has 6 nitrogen and oxygen atoms in total. The minimum atomic E-state index is -0.527. The van der Waals surface area contributed by atoms with Gasteiger partial charge in [0.1, 0.15) is 12.4 Å². The van der Waals surface area contributed by atoms with Crippen LogP contribution in [0.15, 0.2) is 55.0 Å². The van der Waals surface area contributed by atoms with Gasteiger partial charge in [-0.2, -0.15) is 0 Å². The number of piperidine rings is 1. The second-order valence-corrected chi connectivity index (χ2v) is 6.99. The van der Waals surface area contributed by atoms with Gasteiger partial charge in [-0.1, -0.05) is 12.1 Å². The molecule has 0 saturated carbocycles. The molecule has 1 aliphatic heterocycles. The topological polar surface area (TPSA) is 67.2 Å². The summed E-state index contributed by atoms with van der Waals surface area (Å²) in [6, 6.07) is 9.76. The van der Waals surface area contributed by atoms with Crippen LogP contribution < -0.4 is 5.32 Å². The van der Waals surface area contributed by atoms with E-state index >= 15 is 0 Å². The van der Waals surface area contributed by atoms with Crippen LogP contribution in [0.5, 0.6) is 0 Å². The molecular formula is C21H21FN4O2. The first-order valence-electron chi connectivity index (χ1n) is 9.34. The summed E-state index contributed by atoms with van der Waals surface area (Å²) in [5.41, 5.74) is 0.983. The molecule has 4 rings (SSSR count). The van der Waals surface area contributed by atoms with E-state index in [0.717, 1.165) is 10.9 Å². The van der Waals surface area contributed by atoms with E-state index in [0.29, 0.717) is 25.9 Å². The Bertz CT molecular complexity index is 1010. The van der Waals surface area contributed by atoms with E-state index in [4.69, 9.17) is 0 Å². The molecule has 1 N–H and O–H groups in total. The van der Waals surface area contributed by atoms with Crippen LogP contribution in [-0.2, 0) is 11.3 Å². The number of rotatable bonds is 4. The zero-order valence-electron chi connectivity index (χ0n) is 15.3. The number of aromatic nitrogens is 2. The van der Waals surface area contributed by atoms with Crippen molar-refractivity contribution in [2.75, 3.05) is 13.1 Å². The monoisotopic (exact) mass is 380 g/mol. The number of carbonyl (C=O) groups is 2. The van der Waals surface area contributed by atoms with E-state index in [-0.39, 0.29) is 24.1 Å². The van der Waals surface area contributed by atoms with Crippen molar-refractivity contribution in [3.63, 3.8) is 0 Å². The summed E-state index contributed by atoms with van der Waals surface area (Å²) in [5, 5.41) is 3.93. The van der Waals surface area contributed by atoms with Crippen molar-refractivity contribution in [1.82, 2.24) is 19.8 Å². The molecular weight excluding hydrogens is 359 g/mol. The highest BCUT2D eigenvalue weighted by Gasteiger charge is 2.25. The van der Waals surface area contributed by atoms with Gasteiger partial charge in [-0.05, 0) is 37.1 Å². The maximum Gasteiger partial charge on any atom is 0.254 e. The van der Waals surface area contributed by atoms with Crippen molar-refractivity contribution in [2.24, 2.45) is 0 Å². The second-order valence-electron chi connectivity index (χ2n) is 6.99. The summed E-state index contributed by atoms with van der Waals surface area (Å²) in [6.45, 7) is 1.40. The summed E-state index contributed by atoms with van der Waals surface area (Å²) >= 11 is 0. The predicted molar refractivity (Wildman–Crippen MR) is 103 cm³/mol. The van der Waals surface area contributed by atoms with Crippen molar-refractivity contribution in [3.05, 3.63) is 66.4 Å². The molecule has 0 unspecified atom stereocenters. The van der Waals surface area contributed by atoms with Crippen LogP contribution in [0, 0.1) is 5.82 Å². The molecule has 1 fully saturated rings. The molecule has 2 amide bonds. The molecule has 3 heterocycles. The zero-order chi connectivity index (χ0) is 19.5. The molecule has 28 heavy (non-hydrogen) atoms. The molecule has 0 bridgehead atoms. The third kappa shape index (κ3) is 3.74. The van der Waals surface area contributed by atoms with Gasteiger partial charge < -0.3 is 14.8 Å². The Labute approximate surface area is 162 Å². The van der Waals surface area contributed by atoms with Gasteiger partial charge in [-0.3, -0.25) is 14.6 Å². The van der Waals surface area contributed by atoms with Crippen molar-refractivity contribution >= 4 is 22.7 Å². The van der Waals surface area contributed by atoms with Gasteiger partial charge in [-0.15, -0.1) is 0 Å². The first kappa shape index (κ1) is 18.2. The average Bonchev–Trinajstić information content (AvgIpc) is 3.12. The number of halogens is 1. The summed E-state index contributed by atoms with van der Waals surface area (Å²) in [7, 11) is 0. The molecule has 1 saturated heterocycles. The number of hydrogen-bond acceptors (Lipinski definition) is 3. The Hall–Kier alpha value is -3.22. The van der Waals surface area contributed by atoms with Gasteiger partial charge in [0.15, 0.2) is 0 Å². The molecule has 1 aromatic carbocycles. The standard InChI is InChI=1S/C21H21FN4O2/c22-18-4-2-1-3-17(18)21(28)24-16-7-11-25(12-8-16)20(27)14-26-10-6-15-5-9-23-13-19(15)26/h1-6,9-10,13,16H,7-8,11-12,14H2,(H,24,28). The lowest BCUT2D eigenvalue weighted by atomic mass is 10.0. The Morgan fingerprint density at radius 1 is 1.14 bits per heavy atom. The number of likely N-dealkylation sites (tertiary alicyclic amines) is 1. The van der Waals surface area contributed by atoms with Gasteiger partial charge in [0.25, 0.3) is 5.91 Å². The van der Waals surface area contributed by atoms with Crippen molar-refractivity contribution in [3.8, 4) is 0 Å². The number of nitrogens with zero attached hydrogens (tertiary/aromatic N) is 3. The Morgan fingerprint density at radius 3 is 2.71 bits per heavy atom.